The second-order valence-corrected chi connectivity index (χ2v) is 13.0. The van der Waals surface area contributed by atoms with E-state index in [0.29, 0.717) is 5.95 Å². The van der Waals surface area contributed by atoms with Crippen LogP contribution in [0.2, 0.25) is 0 Å². The zero-order valence-corrected chi connectivity index (χ0v) is 27.4. The van der Waals surface area contributed by atoms with E-state index >= 15 is 0 Å². The Kier molecular flexibility index (Phi) is 5.89. The maximum Gasteiger partial charge on any atom is 0.235 e. The first kappa shape index (κ1) is 27.9. The Morgan fingerprint density at radius 2 is 1.00 bits per heavy atom. The first-order valence-electron chi connectivity index (χ1n) is 17.2. The fourth-order valence-corrected chi connectivity index (χ4v) is 7.86. The smallest absolute Gasteiger partial charge is 0.235 e. The maximum absolute atomic E-state index is 6.72. The van der Waals surface area contributed by atoms with Gasteiger partial charge in [-0.1, -0.05) is 115 Å². The molecule has 0 radical (unpaired) electrons. The van der Waals surface area contributed by atoms with E-state index in [1.807, 2.05) is 24.3 Å². The van der Waals surface area contributed by atoms with Crippen molar-refractivity contribution < 1.29 is 4.42 Å². The van der Waals surface area contributed by atoms with Crippen molar-refractivity contribution in [2.24, 2.45) is 0 Å². The van der Waals surface area contributed by atoms with Crippen LogP contribution in [0.25, 0.3) is 99.7 Å². The average Bonchev–Trinajstić information content (AvgIpc) is 3.85. The minimum absolute atomic E-state index is 0.604. The highest BCUT2D eigenvalue weighted by atomic mass is 16.3. The molecule has 0 bridgehead atoms. The highest BCUT2D eigenvalue weighted by molar-refractivity contribution is 6.26. The lowest BCUT2D eigenvalue weighted by atomic mass is 10.1. The number of para-hydroxylation sites is 3. The van der Waals surface area contributed by atoms with Crippen LogP contribution in [-0.4, -0.2) is 19.1 Å². The molecular formula is C46H28N4O. The topological polar surface area (TPSA) is 48.8 Å². The first-order valence-corrected chi connectivity index (χ1v) is 17.2. The van der Waals surface area contributed by atoms with Crippen LogP contribution in [0.1, 0.15) is 0 Å². The lowest BCUT2D eigenvalue weighted by molar-refractivity contribution is 0.673. The highest BCUT2D eigenvalue weighted by Gasteiger charge is 2.23. The van der Waals surface area contributed by atoms with E-state index < -0.39 is 0 Å². The minimum Gasteiger partial charge on any atom is -0.455 e. The first-order chi connectivity index (χ1) is 25.3. The molecule has 0 amide bonds. The Labute approximate surface area is 292 Å². The molecule has 0 atom stereocenters. The third kappa shape index (κ3) is 4.15. The molecule has 0 saturated heterocycles. The van der Waals surface area contributed by atoms with Crippen LogP contribution < -0.4 is 0 Å². The number of hydrogen-bond donors (Lipinski definition) is 0. The SMILES string of the molecule is c1ccc(-c2cc(-c3ccccc3)nc(-n3c4cc5c(cc4c4c6oc7ccccc7c6ccc43)c3ccccc3n5-c3ccccc3)n2)cc1. The van der Waals surface area contributed by atoms with Crippen molar-refractivity contribution in [3.8, 4) is 34.2 Å². The predicted molar refractivity (Wildman–Crippen MR) is 209 cm³/mol. The molecule has 4 aromatic heterocycles. The van der Waals surface area contributed by atoms with E-state index in [1.54, 1.807) is 0 Å². The lowest BCUT2D eigenvalue weighted by Crippen LogP contribution is -2.04. The number of aromatic nitrogens is 4. The molecule has 0 aliphatic carbocycles. The van der Waals surface area contributed by atoms with E-state index in [0.717, 1.165) is 83.0 Å². The monoisotopic (exact) mass is 652 g/mol. The molecule has 0 fully saturated rings. The van der Waals surface area contributed by atoms with Crippen LogP contribution >= 0.6 is 0 Å². The molecule has 0 unspecified atom stereocenters. The molecule has 7 aromatic carbocycles. The zero-order valence-electron chi connectivity index (χ0n) is 27.4. The van der Waals surface area contributed by atoms with E-state index in [2.05, 4.69) is 155 Å². The predicted octanol–water partition coefficient (Wildman–Crippen LogP) is 11.9. The summed E-state index contributed by atoms with van der Waals surface area (Å²) in [5.41, 5.74) is 10.9. The van der Waals surface area contributed by atoms with Gasteiger partial charge in [0.2, 0.25) is 5.95 Å². The molecule has 4 heterocycles. The third-order valence-corrected chi connectivity index (χ3v) is 10.1. The quantitative estimate of drug-likeness (QED) is 0.190. The van der Waals surface area contributed by atoms with Crippen molar-refractivity contribution in [3.63, 3.8) is 0 Å². The minimum atomic E-state index is 0.604. The van der Waals surface area contributed by atoms with E-state index in [4.69, 9.17) is 14.4 Å². The Morgan fingerprint density at radius 1 is 0.392 bits per heavy atom. The molecule has 11 rings (SSSR count). The van der Waals surface area contributed by atoms with E-state index in [-0.39, 0.29) is 0 Å². The highest BCUT2D eigenvalue weighted by Crippen LogP contribution is 2.43. The molecule has 0 saturated carbocycles. The van der Waals surface area contributed by atoms with Crippen molar-refractivity contribution in [2.75, 3.05) is 0 Å². The van der Waals surface area contributed by atoms with Gasteiger partial charge in [0.25, 0.3) is 0 Å². The van der Waals surface area contributed by atoms with Crippen LogP contribution in [0.5, 0.6) is 0 Å². The standard InChI is InChI=1S/C46H28N4O/c1-4-14-29(15-5-1)37-27-38(30-16-6-2-7-17-30)48-46(47-37)50-40-25-24-34-33-21-11-13-23-43(33)51-45(34)44(40)36-26-35-32-20-10-12-22-39(32)49(41(35)28-42(36)50)31-18-8-3-9-19-31/h1-28H. The van der Waals surface area contributed by atoms with Crippen molar-refractivity contribution in [1.82, 2.24) is 19.1 Å². The Balaban J connectivity index is 1.33. The summed E-state index contributed by atoms with van der Waals surface area (Å²) >= 11 is 0. The normalized spacial score (nSPS) is 11.9. The molecule has 11 aromatic rings. The molecule has 5 nitrogen and oxygen atoms in total. The van der Waals surface area contributed by atoms with Crippen molar-refractivity contribution >= 4 is 65.6 Å². The molecule has 51 heavy (non-hydrogen) atoms. The average molecular weight is 653 g/mol. The van der Waals surface area contributed by atoms with Gasteiger partial charge >= 0.3 is 0 Å². The third-order valence-electron chi connectivity index (χ3n) is 10.1. The summed E-state index contributed by atoms with van der Waals surface area (Å²) in [6.07, 6.45) is 0. The molecule has 0 aliphatic rings. The maximum atomic E-state index is 6.72. The van der Waals surface area contributed by atoms with Crippen molar-refractivity contribution in [3.05, 3.63) is 170 Å². The van der Waals surface area contributed by atoms with Crippen LogP contribution in [0.4, 0.5) is 0 Å². The van der Waals surface area contributed by atoms with Gasteiger partial charge in [-0.25, -0.2) is 9.97 Å². The molecule has 5 heteroatoms. The summed E-state index contributed by atoms with van der Waals surface area (Å²) < 4.78 is 11.3. The number of rotatable bonds is 4. The molecule has 0 spiro atoms. The van der Waals surface area contributed by atoms with Gasteiger partial charge in [-0.15, -0.1) is 0 Å². The second kappa shape index (κ2) is 10.8. The van der Waals surface area contributed by atoms with Crippen LogP contribution in [0.15, 0.2) is 174 Å². The summed E-state index contributed by atoms with van der Waals surface area (Å²) in [4.78, 5) is 10.6. The molecule has 0 aliphatic heterocycles. The fraction of sp³-hybridized carbons (Fsp3) is 0. The second-order valence-electron chi connectivity index (χ2n) is 13.0. The van der Waals surface area contributed by atoms with Gasteiger partial charge in [0.05, 0.1) is 38.8 Å². The van der Waals surface area contributed by atoms with Gasteiger partial charge in [0, 0.05) is 43.7 Å². The van der Waals surface area contributed by atoms with Crippen LogP contribution in [-0.2, 0) is 0 Å². The van der Waals surface area contributed by atoms with Crippen molar-refractivity contribution in [2.45, 2.75) is 0 Å². The van der Waals surface area contributed by atoms with Gasteiger partial charge in [-0.3, -0.25) is 4.57 Å². The van der Waals surface area contributed by atoms with E-state index in [1.165, 1.54) is 10.8 Å². The van der Waals surface area contributed by atoms with Gasteiger partial charge in [-0.05, 0) is 54.6 Å². The molecule has 238 valence electrons. The van der Waals surface area contributed by atoms with Gasteiger partial charge < -0.3 is 8.98 Å². The Hall–Kier alpha value is -6.98. The Morgan fingerprint density at radius 3 is 1.73 bits per heavy atom. The fourth-order valence-electron chi connectivity index (χ4n) is 7.86. The van der Waals surface area contributed by atoms with Crippen LogP contribution in [0.3, 0.4) is 0 Å². The zero-order chi connectivity index (χ0) is 33.5. The van der Waals surface area contributed by atoms with Crippen molar-refractivity contribution in [1.29, 1.82) is 0 Å². The summed E-state index contributed by atoms with van der Waals surface area (Å²) in [6.45, 7) is 0. The number of fused-ring (bicyclic) bond motifs is 10. The molecule has 0 N–H and O–H groups in total. The number of furan rings is 1. The Bertz CT molecular complexity index is 3060. The van der Waals surface area contributed by atoms with Crippen LogP contribution in [0, 0.1) is 0 Å². The molecular weight excluding hydrogens is 625 g/mol. The van der Waals surface area contributed by atoms with Gasteiger partial charge in [-0.2, -0.15) is 0 Å². The summed E-state index contributed by atoms with van der Waals surface area (Å²) in [7, 11) is 0. The summed E-state index contributed by atoms with van der Waals surface area (Å²) in [5.74, 6) is 0.604. The number of hydrogen-bond acceptors (Lipinski definition) is 3. The summed E-state index contributed by atoms with van der Waals surface area (Å²) in [5, 5.41) is 6.71. The van der Waals surface area contributed by atoms with Gasteiger partial charge in [0.1, 0.15) is 11.2 Å². The lowest BCUT2D eigenvalue weighted by Gasteiger charge is -2.12. The largest absolute Gasteiger partial charge is 0.455 e. The van der Waals surface area contributed by atoms with Gasteiger partial charge in [0.15, 0.2) is 0 Å². The summed E-state index contributed by atoms with van der Waals surface area (Å²) in [6, 6.07) is 59.3. The number of nitrogens with zero attached hydrogens (tertiary/aromatic N) is 4. The number of benzene rings is 7. The van der Waals surface area contributed by atoms with E-state index in [9.17, 15) is 0 Å².